The predicted octanol–water partition coefficient (Wildman–Crippen LogP) is 3.24. The summed E-state index contributed by atoms with van der Waals surface area (Å²) in [6.45, 7) is 14.1. The molecule has 3 aliphatic heterocycles. The first-order chi connectivity index (χ1) is 22.2. The van der Waals surface area contributed by atoms with Crippen LogP contribution in [0.1, 0.15) is 54.6 Å². The molecule has 244 valence electrons. The number of rotatable bonds is 12. The van der Waals surface area contributed by atoms with Crippen molar-refractivity contribution >= 4 is 45.6 Å². The number of likely N-dealkylation sites (tertiary alicyclic amines) is 2. The lowest BCUT2D eigenvalue weighted by Gasteiger charge is -2.47. The van der Waals surface area contributed by atoms with Crippen LogP contribution in [-0.4, -0.2) is 104 Å². The van der Waals surface area contributed by atoms with Crippen LogP contribution in [-0.2, 0) is 11.2 Å². The molecule has 46 heavy (non-hydrogen) atoms. The molecular weight excluding hydrogens is 580 g/mol. The highest BCUT2D eigenvalue weighted by atomic mass is 16.5. The maximum atomic E-state index is 6.65. The summed E-state index contributed by atoms with van der Waals surface area (Å²) in [6.07, 6.45) is 6.38. The van der Waals surface area contributed by atoms with Gasteiger partial charge in [-0.15, -0.1) is 0 Å². The molecule has 0 aromatic carbocycles. The summed E-state index contributed by atoms with van der Waals surface area (Å²) >= 11 is 0. The van der Waals surface area contributed by atoms with Crippen LogP contribution < -0.4 is 22.1 Å². The molecule has 13 nitrogen and oxygen atoms in total. The molecule has 0 bridgehead atoms. The molecule has 7 heterocycles. The highest BCUT2D eigenvalue weighted by molar-refractivity contribution is 5.90. The molecular formula is C33H46N12O. The molecule has 4 aromatic rings. The van der Waals surface area contributed by atoms with Gasteiger partial charge in [0.2, 0.25) is 11.9 Å². The van der Waals surface area contributed by atoms with Gasteiger partial charge in [0.25, 0.3) is 0 Å². The summed E-state index contributed by atoms with van der Waals surface area (Å²) in [7, 11) is 0. The Bertz CT molecular complexity index is 1740. The Kier molecular flexibility index (Phi) is 8.47. The molecule has 0 saturated carbocycles. The van der Waals surface area contributed by atoms with Gasteiger partial charge in [-0.25, -0.2) is 9.97 Å². The van der Waals surface area contributed by atoms with E-state index in [2.05, 4.69) is 53.4 Å². The Morgan fingerprint density at radius 2 is 1.41 bits per heavy atom. The van der Waals surface area contributed by atoms with Crippen molar-refractivity contribution in [1.82, 2.24) is 39.7 Å². The van der Waals surface area contributed by atoms with Gasteiger partial charge in [-0.1, -0.05) is 0 Å². The van der Waals surface area contributed by atoms with Crippen LogP contribution in [0.25, 0.3) is 22.1 Å². The lowest BCUT2D eigenvalue weighted by molar-refractivity contribution is -0.134. The highest BCUT2D eigenvalue weighted by Crippen LogP contribution is 2.39. The average Bonchev–Trinajstić information content (AvgIpc) is 3.36. The molecule has 6 N–H and O–H groups in total. The minimum atomic E-state index is -0.0406. The van der Waals surface area contributed by atoms with Gasteiger partial charge in [0.15, 0.2) is 11.3 Å². The van der Waals surface area contributed by atoms with Gasteiger partial charge >= 0.3 is 0 Å². The second-order valence-electron chi connectivity index (χ2n) is 13.4. The third kappa shape index (κ3) is 6.49. The average molecular weight is 627 g/mol. The van der Waals surface area contributed by atoms with Gasteiger partial charge in [0.1, 0.15) is 11.6 Å². The van der Waals surface area contributed by atoms with E-state index in [1.807, 2.05) is 19.9 Å². The van der Waals surface area contributed by atoms with Gasteiger partial charge < -0.3 is 31.7 Å². The largest absolute Gasteiger partial charge is 0.383 e. The van der Waals surface area contributed by atoms with Crippen LogP contribution in [0.3, 0.4) is 0 Å². The lowest BCUT2D eigenvalue weighted by atomic mass is 9.90. The van der Waals surface area contributed by atoms with Crippen molar-refractivity contribution in [3.8, 4) is 0 Å². The molecule has 1 unspecified atom stereocenters. The zero-order valence-electron chi connectivity index (χ0n) is 27.3. The summed E-state index contributed by atoms with van der Waals surface area (Å²) in [6, 6.07) is 4.12. The molecule has 1 spiro atoms. The number of anilines is 4. The standard InChI is InChI=1S/C33H46N12O/c1-20-15-22(3)38-29-25(20)27(34)40-31(42-29)37-10-5-12-45-18-33(19-45)8-7-24(46-33)17-23-16-21(2)26-28(35)41-32(43-30(26)39-23)36-9-4-11-44-13-6-14-44/h15-16,24H,4-14,17-19H2,1-3H3,(H3,34,37,38,40,42)(H3,35,36,39,41,43). The number of nitrogens with two attached hydrogens (primary N) is 2. The molecule has 7 rings (SSSR count). The van der Waals surface area contributed by atoms with E-state index in [1.54, 1.807) is 0 Å². The highest BCUT2D eigenvalue weighted by Gasteiger charge is 2.49. The number of hydrogen-bond acceptors (Lipinski definition) is 13. The maximum absolute atomic E-state index is 6.65. The number of hydrogen-bond donors (Lipinski definition) is 4. The van der Waals surface area contributed by atoms with E-state index < -0.39 is 0 Å². The molecule has 0 aliphatic carbocycles. The van der Waals surface area contributed by atoms with Gasteiger partial charge in [-0.2, -0.15) is 19.9 Å². The minimum absolute atomic E-state index is 0.0406. The third-order valence-corrected chi connectivity index (χ3v) is 9.58. The second-order valence-corrected chi connectivity index (χ2v) is 13.4. The zero-order chi connectivity index (χ0) is 31.8. The number of nitrogen functional groups attached to an aromatic ring is 2. The Labute approximate surface area is 269 Å². The summed E-state index contributed by atoms with van der Waals surface area (Å²) in [5, 5.41) is 8.34. The number of nitrogens with zero attached hydrogens (tertiary/aromatic N) is 8. The number of fused-ring (bicyclic) bond motifs is 2. The first-order valence-electron chi connectivity index (χ1n) is 16.7. The maximum Gasteiger partial charge on any atom is 0.226 e. The van der Waals surface area contributed by atoms with E-state index in [4.69, 9.17) is 26.2 Å². The summed E-state index contributed by atoms with van der Waals surface area (Å²) < 4.78 is 6.65. The fourth-order valence-corrected chi connectivity index (χ4v) is 7.23. The lowest BCUT2D eigenvalue weighted by Crippen LogP contribution is -2.61. The van der Waals surface area contributed by atoms with Crippen molar-refractivity contribution in [2.75, 3.05) is 74.5 Å². The molecule has 0 amide bonds. The molecule has 4 aromatic heterocycles. The fraction of sp³-hybridized carbons (Fsp3) is 0.576. The van der Waals surface area contributed by atoms with Gasteiger partial charge in [-0.05, 0) is 95.8 Å². The predicted molar refractivity (Wildman–Crippen MR) is 182 cm³/mol. The van der Waals surface area contributed by atoms with E-state index in [9.17, 15) is 0 Å². The van der Waals surface area contributed by atoms with E-state index in [-0.39, 0.29) is 11.7 Å². The van der Waals surface area contributed by atoms with Crippen LogP contribution in [0.15, 0.2) is 12.1 Å². The van der Waals surface area contributed by atoms with Crippen LogP contribution in [0, 0.1) is 20.8 Å². The number of nitrogens with one attached hydrogen (secondary N) is 2. The molecule has 3 saturated heterocycles. The Balaban J connectivity index is 0.879. The first kappa shape index (κ1) is 30.7. The van der Waals surface area contributed by atoms with Gasteiger partial charge in [0.05, 0.1) is 22.5 Å². The summed E-state index contributed by atoms with van der Waals surface area (Å²) in [5.41, 5.74) is 17.8. The topological polar surface area (TPSA) is 169 Å². The molecule has 3 aliphatic rings. The van der Waals surface area contributed by atoms with E-state index >= 15 is 0 Å². The number of ether oxygens (including phenoxy) is 1. The van der Waals surface area contributed by atoms with Crippen molar-refractivity contribution in [2.24, 2.45) is 0 Å². The number of pyridine rings is 2. The van der Waals surface area contributed by atoms with Crippen LogP contribution in [0.4, 0.5) is 23.5 Å². The number of aromatic nitrogens is 6. The third-order valence-electron chi connectivity index (χ3n) is 9.58. The van der Waals surface area contributed by atoms with Crippen molar-refractivity contribution in [3.05, 3.63) is 34.6 Å². The summed E-state index contributed by atoms with van der Waals surface area (Å²) in [4.78, 5) is 32.7. The van der Waals surface area contributed by atoms with Crippen molar-refractivity contribution in [1.29, 1.82) is 0 Å². The van der Waals surface area contributed by atoms with Gasteiger partial charge in [-0.3, -0.25) is 4.90 Å². The van der Waals surface area contributed by atoms with E-state index in [0.29, 0.717) is 34.8 Å². The van der Waals surface area contributed by atoms with Crippen molar-refractivity contribution in [2.45, 2.75) is 71.0 Å². The Hall–Kier alpha value is -3.94. The monoisotopic (exact) mass is 626 g/mol. The van der Waals surface area contributed by atoms with E-state index in [0.717, 1.165) is 105 Å². The molecule has 1 atom stereocenters. The Morgan fingerprint density at radius 1 is 0.804 bits per heavy atom. The van der Waals surface area contributed by atoms with Crippen molar-refractivity contribution in [3.63, 3.8) is 0 Å². The Morgan fingerprint density at radius 3 is 2.04 bits per heavy atom. The molecule has 3 fully saturated rings. The fourth-order valence-electron chi connectivity index (χ4n) is 7.23. The van der Waals surface area contributed by atoms with E-state index in [1.165, 1.54) is 19.5 Å². The number of aryl methyl sites for hydroxylation is 3. The second kappa shape index (κ2) is 12.7. The SMILES string of the molecule is Cc1cc(C)c2c(N)nc(NCCCN3CC4(CCC(Cc5cc(C)c6c(N)nc(NCCCN7CCC7)nc6n5)O4)C3)nc2n1. The van der Waals surface area contributed by atoms with Crippen LogP contribution >= 0.6 is 0 Å². The minimum Gasteiger partial charge on any atom is -0.383 e. The normalized spacial score (nSPS) is 19.5. The quantitative estimate of drug-likeness (QED) is 0.169. The van der Waals surface area contributed by atoms with Crippen LogP contribution in [0.5, 0.6) is 0 Å². The molecule has 0 radical (unpaired) electrons. The molecule has 13 heteroatoms. The van der Waals surface area contributed by atoms with Crippen molar-refractivity contribution < 1.29 is 4.74 Å². The summed E-state index contributed by atoms with van der Waals surface area (Å²) in [5.74, 6) is 2.02. The van der Waals surface area contributed by atoms with Crippen LogP contribution in [0.2, 0.25) is 0 Å². The smallest absolute Gasteiger partial charge is 0.226 e. The first-order valence-corrected chi connectivity index (χ1v) is 16.7. The zero-order valence-corrected chi connectivity index (χ0v) is 27.3. The van der Waals surface area contributed by atoms with Gasteiger partial charge in [0, 0.05) is 50.5 Å².